The second-order valence-corrected chi connectivity index (χ2v) is 5.81. The van der Waals surface area contributed by atoms with Crippen LogP contribution in [0.3, 0.4) is 0 Å². The molecule has 0 aliphatic carbocycles. The van der Waals surface area contributed by atoms with Crippen molar-refractivity contribution in [3.05, 3.63) is 71.8 Å². The molecule has 0 saturated carbocycles. The van der Waals surface area contributed by atoms with E-state index in [1.807, 2.05) is 67.6 Å². The molecule has 0 radical (unpaired) electrons. The third-order valence-electron chi connectivity index (χ3n) is 4.39. The first-order valence-corrected chi connectivity index (χ1v) is 7.60. The van der Waals surface area contributed by atoms with Crippen LogP contribution in [0, 0.1) is 5.92 Å². The summed E-state index contributed by atoms with van der Waals surface area (Å²) in [4.78, 5) is 26.3. The van der Waals surface area contributed by atoms with Crippen molar-refractivity contribution in [2.75, 3.05) is 0 Å². The second kappa shape index (κ2) is 6.14. The molecule has 22 heavy (non-hydrogen) atoms. The Hall–Kier alpha value is -2.42. The van der Waals surface area contributed by atoms with Gasteiger partial charge in [-0.3, -0.25) is 14.5 Å². The van der Waals surface area contributed by atoms with Crippen molar-refractivity contribution in [2.24, 2.45) is 5.92 Å². The lowest BCUT2D eigenvalue weighted by molar-refractivity contribution is -0.140. The number of rotatable bonds is 4. The largest absolute Gasteiger partial charge is 0.278 e. The van der Waals surface area contributed by atoms with E-state index in [9.17, 15) is 9.59 Å². The van der Waals surface area contributed by atoms with Crippen LogP contribution in [0.15, 0.2) is 60.7 Å². The van der Waals surface area contributed by atoms with Crippen molar-refractivity contribution >= 4 is 11.8 Å². The van der Waals surface area contributed by atoms with Gasteiger partial charge in [0.2, 0.25) is 11.8 Å². The summed E-state index contributed by atoms with van der Waals surface area (Å²) in [5.74, 6) is -0.316. The van der Waals surface area contributed by atoms with Gasteiger partial charge < -0.3 is 0 Å². The molecule has 112 valence electrons. The maximum Gasteiger partial charge on any atom is 0.233 e. The van der Waals surface area contributed by atoms with Gasteiger partial charge in [-0.2, -0.15) is 0 Å². The van der Waals surface area contributed by atoms with Crippen LogP contribution in [0.5, 0.6) is 0 Å². The van der Waals surface area contributed by atoms with Gasteiger partial charge >= 0.3 is 0 Å². The van der Waals surface area contributed by atoms with Crippen molar-refractivity contribution in [2.45, 2.75) is 25.8 Å². The van der Waals surface area contributed by atoms with Crippen LogP contribution in [0.4, 0.5) is 0 Å². The van der Waals surface area contributed by atoms with E-state index in [-0.39, 0.29) is 23.7 Å². The lowest BCUT2D eigenvalue weighted by Gasteiger charge is -2.19. The third kappa shape index (κ3) is 2.80. The normalized spacial score (nSPS) is 19.5. The van der Waals surface area contributed by atoms with Crippen molar-refractivity contribution in [1.29, 1.82) is 0 Å². The molecule has 3 nitrogen and oxygen atoms in total. The zero-order valence-electron chi connectivity index (χ0n) is 12.6. The Kier molecular flexibility index (Phi) is 4.05. The highest BCUT2D eigenvalue weighted by Gasteiger charge is 2.41. The maximum absolute atomic E-state index is 12.6. The molecule has 0 bridgehead atoms. The summed E-state index contributed by atoms with van der Waals surface area (Å²) in [6, 6.07) is 19.6. The molecule has 0 N–H and O–H groups in total. The third-order valence-corrected chi connectivity index (χ3v) is 4.39. The monoisotopic (exact) mass is 293 g/mol. The minimum Gasteiger partial charge on any atom is -0.278 e. The summed E-state index contributed by atoms with van der Waals surface area (Å²) in [5.41, 5.74) is 2.09. The molecule has 2 atom stereocenters. The van der Waals surface area contributed by atoms with E-state index in [1.54, 1.807) is 0 Å². The van der Waals surface area contributed by atoms with Gasteiger partial charge in [0, 0.05) is 6.42 Å². The Morgan fingerprint density at radius 3 is 2.23 bits per heavy atom. The average Bonchev–Trinajstić information content (AvgIpc) is 2.84. The molecule has 2 aromatic rings. The number of likely N-dealkylation sites (tertiary alicyclic amines) is 1. The molecule has 3 heteroatoms. The zero-order valence-corrected chi connectivity index (χ0v) is 12.6. The lowest BCUT2D eigenvalue weighted by Crippen LogP contribution is -2.31. The van der Waals surface area contributed by atoms with Crippen molar-refractivity contribution in [3.63, 3.8) is 0 Å². The highest BCUT2D eigenvalue weighted by molar-refractivity contribution is 6.03. The van der Waals surface area contributed by atoms with Crippen LogP contribution in [0.1, 0.15) is 30.4 Å². The lowest BCUT2D eigenvalue weighted by atomic mass is 9.86. The molecular weight excluding hydrogens is 274 g/mol. The van der Waals surface area contributed by atoms with Gasteiger partial charge in [-0.15, -0.1) is 0 Å². The van der Waals surface area contributed by atoms with Gasteiger partial charge in [-0.1, -0.05) is 67.6 Å². The summed E-state index contributed by atoms with van der Waals surface area (Å²) in [6.07, 6.45) is 0.307. The van der Waals surface area contributed by atoms with Crippen LogP contribution in [-0.2, 0) is 16.1 Å². The van der Waals surface area contributed by atoms with E-state index in [1.165, 1.54) is 4.90 Å². The van der Waals surface area contributed by atoms with Gasteiger partial charge in [0.1, 0.15) is 0 Å². The number of hydrogen-bond acceptors (Lipinski definition) is 2. The van der Waals surface area contributed by atoms with E-state index < -0.39 is 0 Å². The standard InChI is InChI=1S/C19H19NO2/c1-14(16-10-6-3-7-11-16)17-12-18(21)20(19(17)22)13-15-8-4-2-5-9-15/h2-11,14,17H,12-13H2,1H3/t14-,17-/m1/s1. The highest BCUT2D eigenvalue weighted by atomic mass is 16.2. The van der Waals surface area contributed by atoms with E-state index >= 15 is 0 Å². The number of nitrogens with zero attached hydrogens (tertiary/aromatic N) is 1. The maximum atomic E-state index is 12.6. The quantitative estimate of drug-likeness (QED) is 0.811. The number of benzene rings is 2. The minimum atomic E-state index is -0.251. The molecule has 3 rings (SSSR count). The number of amides is 2. The highest BCUT2D eigenvalue weighted by Crippen LogP contribution is 2.34. The summed E-state index contributed by atoms with van der Waals surface area (Å²) in [6.45, 7) is 2.40. The second-order valence-electron chi connectivity index (χ2n) is 5.81. The van der Waals surface area contributed by atoms with Gasteiger partial charge in [-0.05, 0) is 17.0 Å². The molecule has 1 heterocycles. The van der Waals surface area contributed by atoms with Crippen LogP contribution >= 0.6 is 0 Å². The van der Waals surface area contributed by atoms with Crippen LogP contribution in [0.25, 0.3) is 0 Å². The van der Waals surface area contributed by atoms with E-state index in [2.05, 4.69) is 0 Å². The van der Waals surface area contributed by atoms with Gasteiger partial charge in [0.25, 0.3) is 0 Å². The molecule has 0 unspecified atom stereocenters. The van der Waals surface area contributed by atoms with E-state index in [0.29, 0.717) is 13.0 Å². The van der Waals surface area contributed by atoms with Crippen molar-refractivity contribution in [3.8, 4) is 0 Å². The van der Waals surface area contributed by atoms with E-state index in [0.717, 1.165) is 11.1 Å². The topological polar surface area (TPSA) is 37.4 Å². The predicted octanol–water partition coefficient (Wildman–Crippen LogP) is 3.37. The number of carbonyl (C=O) groups excluding carboxylic acids is 2. The summed E-state index contributed by atoms with van der Waals surface area (Å²) >= 11 is 0. The van der Waals surface area contributed by atoms with Gasteiger partial charge in [0.15, 0.2) is 0 Å². The predicted molar refractivity (Wildman–Crippen MR) is 85.0 cm³/mol. The Morgan fingerprint density at radius 1 is 1.00 bits per heavy atom. The molecule has 0 aromatic heterocycles. The molecule has 1 aliphatic heterocycles. The summed E-state index contributed by atoms with van der Waals surface area (Å²) in [5, 5.41) is 0. The Balaban J connectivity index is 1.77. The fourth-order valence-corrected chi connectivity index (χ4v) is 3.02. The Morgan fingerprint density at radius 2 is 1.59 bits per heavy atom. The number of carbonyl (C=O) groups is 2. The van der Waals surface area contributed by atoms with Crippen LogP contribution < -0.4 is 0 Å². The molecule has 0 spiro atoms. The van der Waals surface area contributed by atoms with Gasteiger partial charge in [0.05, 0.1) is 12.5 Å². The van der Waals surface area contributed by atoms with E-state index in [4.69, 9.17) is 0 Å². The van der Waals surface area contributed by atoms with Gasteiger partial charge in [-0.25, -0.2) is 0 Å². The minimum absolute atomic E-state index is 0.0507. The zero-order chi connectivity index (χ0) is 15.5. The number of imide groups is 1. The average molecular weight is 293 g/mol. The van der Waals surface area contributed by atoms with Crippen molar-refractivity contribution < 1.29 is 9.59 Å². The molecule has 1 saturated heterocycles. The molecule has 1 aliphatic rings. The summed E-state index contributed by atoms with van der Waals surface area (Å²) < 4.78 is 0. The van der Waals surface area contributed by atoms with Crippen LogP contribution in [-0.4, -0.2) is 16.7 Å². The SMILES string of the molecule is C[C@H](c1ccccc1)[C@H]1CC(=O)N(Cc2ccccc2)C1=O. The smallest absolute Gasteiger partial charge is 0.233 e. The first-order valence-electron chi connectivity index (χ1n) is 7.60. The molecule has 1 fully saturated rings. The Labute approximate surface area is 130 Å². The van der Waals surface area contributed by atoms with Crippen molar-refractivity contribution in [1.82, 2.24) is 4.90 Å². The van der Waals surface area contributed by atoms with Crippen LogP contribution in [0.2, 0.25) is 0 Å². The number of hydrogen-bond donors (Lipinski definition) is 0. The fraction of sp³-hybridized carbons (Fsp3) is 0.263. The molecule has 2 aromatic carbocycles. The fourth-order valence-electron chi connectivity index (χ4n) is 3.02. The molecule has 2 amide bonds. The first kappa shape index (κ1) is 14.5. The Bertz CT molecular complexity index is 666. The summed E-state index contributed by atoms with van der Waals surface area (Å²) in [7, 11) is 0. The first-order chi connectivity index (χ1) is 10.7. The molecular formula is C19H19NO2.